The zero-order valence-corrected chi connectivity index (χ0v) is 22.6. The number of alkyl halides is 3. The molecule has 1 fully saturated rings. The average molecular weight is 579 g/mol. The van der Waals surface area contributed by atoms with E-state index < -0.39 is 35.6 Å². The van der Waals surface area contributed by atoms with Gasteiger partial charge in [0.05, 0.1) is 17.0 Å². The van der Waals surface area contributed by atoms with Crippen LogP contribution in [0.5, 0.6) is 0 Å². The second-order valence-corrected chi connectivity index (χ2v) is 10.1. The van der Waals surface area contributed by atoms with Crippen molar-refractivity contribution in [3.8, 4) is 0 Å². The normalized spacial score (nSPS) is 18.0. The van der Waals surface area contributed by atoms with Crippen LogP contribution in [-0.4, -0.2) is 48.0 Å². The Balaban J connectivity index is 1.64. The van der Waals surface area contributed by atoms with Gasteiger partial charge in [-0.25, -0.2) is 19.5 Å². The number of fused-ring (bicyclic) bond motifs is 1. The molecule has 0 N–H and O–H groups in total. The van der Waals surface area contributed by atoms with Crippen molar-refractivity contribution in [1.82, 2.24) is 4.90 Å². The molecule has 8 nitrogen and oxygen atoms in total. The fourth-order valence-corrected chi connectivity index (χ4v) is 5.40. The van der Waals surface area contributed by atoms with Crippen molar-refractivity contribution in [2.75, 3.05) is 11.9 Å². The van der Waals surface area contributed by atoms with Gasteiger partial charge in [0.2, 0.25) is 6.17 Å². The average Bonchev–Trinajstić information content (AvgIpc) is 3.43. The molecule has 1 aliphatic carbocycles. The van der Waals surface area contributed by atoms with E-state index in [9.17, 15) is 27.6 Å². The molecule has 5 rings (SSSR count). The van der Waals surface area contributed by atoms with Crippen LogP contribution in [-0.2, 0) is 31.8 Å². The maximum Gasteiger partial charge on any atom is 0.419 e. The zero-order chi connectivity index (χ0) is 29.9. The lowest BCUT2D eigenvalue weighted by Gasteiger charge is -2.41. The third-order valence-corrected chi connectivity index (χ3v) is 7.51. The summed E-state index contributed by atoms with van der Waals surface area (Å²) in [6.45, 7) is 1.32. The monoisotopic (exact) mass is 578 g/mol. The van der Waals surface area contributed by atoms with Crippen LogP contribution in [0.4, 0.5) is 23.7 Å². The minimum absolute atomic E-state index is 0.122. The summed E-state index contributed by atoms with van der Waals surface area (Å²) in [7, 11) is 1.51. The predicted molar refractivity (Wildman–Crippen MR) is 147 cm³/mol. The SMILES string of the molecule is CN1C(=O)C(N(C(=O)OCc2ccccc2)C2(O[C]=O)CCCC2)N=C(c2ccc(C(F)(F)F)cc2)c2ccccc21. The molecule has 3 aromatic rings. The van der Waals surface area contributed by atoms with Gasteiger partial charge in [0.1, 0.15) is 6.61 Å². The molecule has 42 heavy (non-hydrogen) atoms. The van der Waals surface area contributed by atoms with E-state index >= 15 is 0 Å². The van der Waals surface area contributed by atoms with Gasteiger partial charge in [0, 0.05) is 31.0 Å². The molecule has 217 valence electrons. The summed E-state index contributed by atoms with van der Waals surface area (Å²) in [6, 6.07) is 20.1. The van der Waals surface area contributed by atoms with E-state index in [1.54, 1.807) is 48.5 Å². The maximum atomic E-state index is 14.1. The Morgan fingerprint density at radius 2 is 1.67 bits per heavy atom. The van der Waals surface area contributed by atoms with Crippen molar-refractivity contribution in [2.45, 2.75) is 50.4 Å². The fraction of sp³-hybridized carbons (Fsp3) is 0.290. The van der Waals surface area contributed by atoms with Gasteiger partial charge in [0.15, 0.2) is 5.72 Å². The summed E-state index contributed by atoms with van der Waals surface area (Å²) in [6.07, 6.45) is -5.44. The van der Waals surface area contributed by atoms with Gasteiger partial charge in [-0.1, -0.05) is 60.7 Å². The van der Waals surface area contributed by atoms with Crippen LogP contribution in [0.15, 0.2) is 83.9 Å². The number of likely N-dealkylation sites (N-methyl/N-ethyl adjacent to an activating group) is 1. The number of hydrogen-bond donors (Lipinski definition) is 0. The van der Waals surface area contributed by atoms with Crippen molar-refractivity contribution in [3.05, 3.63) is 101 Å². The van der Waals surface area contributed by atoms with Crippen molar-refractivity contribution < 1.29 is 37.0 Å². The van der Waals surface area contributed by atoms with Crippen molar-refractivity contribution >= 4 is 29.9 Å². The number of aliphatic imine (C=N–C) groups is 1. The summed E-state index contributed by atoms with van der Waals surface area (Å²) in [5.74, 6) is -0.623. The Labute approximate surface area is 240 Å². The van der Waals surface area contributed by atoms with E-state index in [4.69, 9.17) is 14.5 Å². The highest BCUT2D eigenvalue weighted by atomic mass is 19.4. The second-order valence-electron chi connectivity index (χ2n) is 10.1. The fourth-order valence-electron chi connectivity index (χ4n) is 5.40. The molecule has 2 amide bonds. The predicted octanol–water partition coefficient (Wildman–Crippen LogP) is 5.84. The first-order valence-corrected chi connectivity index (χ1v) is 13.3. The van der Waals surface area contributed by atoms with E-state index in [1.807, 2.05) is 6.07 Å². The molecule has 11 heteroatoms. The molecular formula is C31H27F3N3O5. The highest BCUT2D eigenvalue weighted by Gasteiger charge is 2.52. The quantitative estimate of drug-likeness (QED) is 0.329. The number of rotatable bonds is 7. The first kappa shape index (κ1) is 28.8. The largest absolute Gasteiger partial charge is 0.444 e. The van der Waals surface area contributed by atoms with Gasteiger partial charge in [-0.15, -0.1) is 0 Å². The lowest BCUT2D eigenvalue weighted by atomic mass is 9.99. The third-order valence-electron chi connectivity index (χ3n) is 7.51. The van der Waals surface area contributed by atoms with Crippen LogP contribution in [0.3, 0.4) is 0 Å². The smallest absolute Gasteiger partial charge is 0.419 e. The molecule has 1 heterocycles. The molecule has 2 aliphatic rings. The van der Waals surface area contributed by atoms with E-state index in [-0.39, 0.29) is 25.2 Å². The molecular weight excluding hydrogens is 551 g/mol. The summed E-state index contributed by atoms with van der Waals surface area (Å²) in [5, 5.41) is 0. The van der Waals surface area contributed by atoms with Gasteiger partial charge in [-0.3, -0.25) is 4.79 Å². The molecule has 0 aromatic heterocycles. The van der Waals surface area contributed by atoms with E-state index in [0.29, 0.717) is 35.2 Å². The van der Waals surface area contributed by atoms with Gasteiger partial charge in [-0.05, 0) is 36.6 Å². The molecule has 1 aliphatic heterocycles. The molecule has 3 aromatic carbocycles. The van der Waals surface area contributed by atoms with Crippen LogP contribution in [0.1, 0.15) is 47.9 Å². The summed E-state index contributed by atoms with van der Waals surface area (Å²) >= 11 is 0. The van der Waals surface area contributed by atoms with E-state index in [2.05, 4.69) is 0 Å². The first-order chi connectivity index (χ1) is 20.1. The zero-order valence-electron chi connectivity index (χ0n) is 22.6. The standard InChI is InChI=1S/C31H27F3N3O5/c1-36-25-12-6-5-11-24(25)26(22-13-15-23(16-14-22)31(32,33)34)35-27(28(36)39)37(30(42-20-38)17-7-8-18-30)29(40)41-19-21-9-3-2-4-10-21/h2-6,9-16,27H,7-8,17-19H2,1H3. The van der Waals surface area contributed by atoms with Gasteiger partial charge < -0.3 is 14.4 Å². The van der Waals surface area contributed by atoms with Crippen LogP contribution < -0.4 is 4.90 Å². The van der Waals surface area contributed by atoms with Gasteiger partial charge in [-0.2, -0.15) is 13.2 Å². The number of carbonyl (C=O) groups is 2. The summed E-state index contributed by atoms with van der Waals surface area (Å²) < 4.78 is 51.0. The molecule has 1 radical (unpaired) electrons. The molecule has 1 unspecified atom stereocenters. The highest BCUT2D eigenvalue weighted by Crippen LogP contribution is 2.40. The number of hydrogen-bond acceptors (Lipinski definition) is 6. The van der Waals surface area contributed by atoms with E-state index in [1.165, 1.54) is 30.6 Å². The molecule has 1 atom stereocenters. The number of benzene rings is 3. The summed E-state index contributed by atoms with van der Waals surface area (Å²) in [4.78, 5) is 46.6. The Bertz CT molecular complexity index is 1490. The van der Waals surface area contributed by atoms with Crippen LogP contribution in [0, 0.1) is 0 Å². The number of carbonyl (C=O) groups excluding carboxylic acids is 3. The Morgan fingerprint density at radius 1 is 1.02 bits per heavy atom. The number of ether oxygens (including phenoxy) is 2. The number of anilines is 1. The van der Waals surface area contributed by atoms with Crippen LogP contribution in [0.2, 0.25) is 0 Å². The Hall–Kier alpha value is -4.67. The topological polar surface area (TPSA) is 88.5 Å². The summed E-state index contributed by atoms with van der Waals surface area (Å²) in [5.41, 5.74) is -0.330. The second kappa shape index (κ2) is 11.7. The molecule has 0 saturated heterocycles. The van der Waals surface area contributed by atoms with Crippen LogP contribution in [0.25, 0.3) is 0 Å². The maximum absolute atomic E-state index is 14.1. The molecule has 0 spiro atoms. The lowest BCUT2D eigenvalue weighted by molar-refractivity contribution is -0.137. The Morgan fingerprint density at radius 3 is 2.31 bits per heavy atom. The number of para-hydroxylation sites is 1. The van der Waals surface area contributed by atoms with Gasteiger partial charge in [0.25, 0.3) is 5.91 Å². The number of amides is 2. The molecule has 0 bridgehead atoms. The third kappa shape index (κ3) is 5.59. The number of benzodiazepines with no additional fused rings is 1. The minimum atomic E-state index is -4.54. The number of halogens is 3. The van der Waals surface area contributed by atoms with Crippen molar-refractivity contribution in [1.29, 1.82) is 0 Å². The first-order valence-electron chi connectivity index (χ1n) is 13.3. The van der Waals surface area contributed by atoms with Crippen molar-refractivity contribution in [2.24, 2.45) is 4.99 Å². The van der Waals surface area contributed by atoms with Crippen molar-refractivity contribution in [3.63, 3.8) is 0 Å². The van der Waals surface area contributed by atoms with E-state index in [0.717, 1.165) is 17.0 Å². The lowest BCUT2D eigenvalue weighted by Crippen LogP contribution is -2.60. The highest BCUT2D eigenvalue weighted by molar-refractivity contribution is 6.20. The Kier molecular flexibility index (Phi) is 8.02. The number of nitrogens with zero attached hydrogens (tertiary/aromatic N) is 3. The van der Waals surface area contributed by atoms with Crippen LogP contribution >= 0.6 is 0 Å². The minimum Gasteiger partial charge on any atom is -0.444 e. The van der Waals surface area contributed by atoms with Gasteiger partial charge >= 0.3 is 18.7 Å². The molecule has 1 saturated carbocycles.